The normalized spacial score (nSPS) is 10.8. The molecule has 0 radical (unpaired) electrons. The monoisotopic (exact) mass is 449 g/mol. The zero-order chi connectivity index (χ0) is 18.0. The van der Waals surface area contributed by atoms with Crippen LogP contribution in [0.25, 0.3) is 10.8 Å². The molecule has 7 heteroatoms. The van der Waals surface area contributed by atoms with Crippen molar-refractivity contribution in [2.45, 2.75) is 19.9 Å². The lowest BCUT2D eigenvalue weighted by atomic mass is 10.2. The molecule has 3 aromatic rings. The lowest BCUT2D eigenvalue weighted by Crippen LogP contribution is -2.31. The van der Waals surface area contributed by atoms with Gasteiger partial charge >= 0.3 is 0 Å². The van der Waals surface area contributed by atoms with Crippen LogP contribution in [0, 0.1) is 10.5 Å². The van der Waals surface area contributed by atoms with E-state index in [0.29, 0.717) is 10.8 Å². The Bertz CT molecular complexity index is 1070. The molecular formula is C18H16IN3O3. The average Bonchev–Trinajstić information content (AvgIpc) is 2.59. The molecule has 0 spiro atoms. The van der Waals surface area contributed by atoms with Crippen LogP contribution >= 0.6 is 22.6 Å². The number of anilines is 1. The van der Waals surface area contributed by atoms with Gasteiger partial charge in [0.15, 0.2) is 0 Å². The smallest absolute Gasteiger partial charge is 0.273 e. The summed E-state index contributed by atoms with van der Waals surface area (Å²) in [4.78, 5) is 36.6. The topological polar surface area (TPSA) is 84.0 Å². The number of rotatable bonds is 4. The molecule has 2 N–H and O–H groups in total. The Morgan fingerprint density at radius 3 is 2.60 bits per heavy atom. The first kappa shape index (κ1) is 17.4. The number of amides is 1. The Hall–Kier alpha value is -2.42. The fraction of sp³-hybridized carbons (Fsp3) is 0.167. The number of hydrogen-bond donors (Lipinski definition) is 2. The third-order valence-corrected chi connectivity index (χ3v) is 4.58. The van der Waals surface area contributed by atoms with Crippen LogP contribution in [0.1, 0.15) is 12.0 Å². The summed E-state index contributed by atoms with van der Waals surface area (Å²) in [7, 11) is 0. The molecule has 0 saturated carbocycles. The predicted octanol–water partition coefficient (Wildman–Crippen LogP) is 2.63. The highest BCUT2D eigenvalue weighted by molar-refractivity contribution is 14.1. The van der Waals surface area contributed by atoms with Crippen molar-refractivity contribution in [1.29, 1.82) is 0 Å². The number of carbonyl (C=O) groups excluding carboxylic acids is 1. The number of fused-ring (bicyclic) bond motifs is 1. The van der Waals surface area contributed by atoms with E-state index < -0.39 is 0 Å². The molecule has 1 heterocycles. The highest BCUT2D eigenvalue weighted by Gasteiger charge is 2.09. The van der Waals surface area contributed by atoms with Gasteiger partial charge in [0.25, 0.3) is 11.1 Å². The third kappa shape index (κ3) is 3.81. The zero-order valence-corrected chi connectivity index (χ0v) is 15.7. The van der Waals surface area contributed by atoms with Crippen LogP contribution in [0.15, 0.2) is 52.1 Å². The second-order valence-corrected chi connectivity index (χ2v) is 6.95. The fourth-order valence-electron chi connectivity index (χ4n) is 2.60. The molecule has 0 atom stereocenters. The van der Waals surface area contributed by atoms with Crippen LogP contribution in [0.2, 0.25) is 0 Å². The van der Waals surface area contributed by atoms with E-state index >= 15 is 0 Å². The van der Waals surface area contributed by atoms with Gasteiger partial charge in [0.05, 0.1) is 17.3 Å². The van der Waals surface area contributed by atoms with Crippen molar-refractivity contribution in [3.05, 3.63) is 72.3 Å². The van der Waals surface area contributed by atoms with Crippen molar-refractivity contribution in [3.63, 3.8) is 0 Å². The molecule has 1 aromatic heterocycles. The van der Waals surface area contributed by atoms with Gasteiger partial charge in [-0.3, -0.25) is 19.5 Å². The van der Waals surface area contributed by atoms with Gasteiger partial charge in [0, 0.05) is 15.7 Å². The molecule has 3 rings (SSSR count). The molecule has 1 amide bonds. The molecule has 0 aliphatic heterocycles. The first-order chi connectivity index (χ1) is 12.0. The predicted molar refractivity (Wildman–Crippen MR) is 106 cm³/mol. The molecule has 25 heavy (non-hydrogen) atoms. The van der Waals surface area contributed by atoms with Crippen LogP contribution in [-0.4, -0.2) is 15.7 Å². The summed E-state index contributed by atoms with van der Waals surface area (Å²) in [5, 5.41) is 6.05. The molecule has 0 aliphatic carbocycles. The Labute approximate surface area is 157 Å². The van der Waals surface area contributed by atoms with E-state index in [1.165, 1.54) is 4.68 Å². The lowest BCUT2D eigenvalue weighted by Gasteiger charge is -2.10. The summed E-state index contributed by atoms with van der Waals surface area (Å²) in [6.45, 7) is 2.03. The van der Waals surface area contributed by atoms with Gasteiger partial charge in [0.1, 0.15) is 0 Å². The third-order valence-electron chi connectivity index (χ3n) is 3.91. The highest BCUT2D eigenvalue weighted by atomic mass is 127. The van der Waals surface area contributed by atoms with E-state index in [2.05, 4.69) is 33.0 Å². The van der Waals surface area contributed by atoms with Gasteiger partial charge in [-0.1, -0.05) is 12.1 Å². The van der Waals surface area contributed by atoms with E-state index in [-0.39, 0.29) is 30.0 Å². The standard InChI is InChI=1S/C18H16IN3O3/c1-11-10-12(19)6-7-15(11)20-16(23)8-9-22-18(25)14-5-3-2-4-13(14)17(24)21-22/h2-7,10H,8-9H2,1H3,(H,20,23)(H,21,24). The minimum absolute atomic E-state index is 0.0829. The van der Waals surface area contributed by atoms with Gasteiger partial charge in [-0.25, -0.2) is 4.68 Å². The van der Waals surface area contributed by atoms with E-state index in [9.17, 15) is 14.4 Å². The molecule has 0 fully saturated rings. The summed E-state index contributed by atoms with van der Waals surface area (Å²) in [6.07, 6.45) is 0.0829. The van der Waals surface area contributed by atoms with Crippen molar-refractivity contribution in [2.24, 2.45) is 0 Å². The van der Waals surface area contributed by atoms with Crippen molar-refractivity contribution < 1.29 is 4.79 Å². The quantitative estimate of drug-likeness (QED) is 0.601. The van der Waals surface area contributed by atoms with Gasteiger partial charge in [0.2, 0.25) is 5.91 Å². The van der Waals surface area contributed by atoms with Crippen LogP contribution in [-0.2, 0) is 11.3 Å². The van der Waals surface area contributed by atoms with E-state index in [0.717, 1.165) is 14.8 Å². The van der Waals surface area contributed by atoms with Crippen LogP contribution in [0.5, 0.6) is 0 Å². The first-order valence-electron chi connectivity index (χ1n) is 7.73. The summed E-state index contributed by atoms with van der Waals surface area (Å²) < 4.78 is 2.28. The molecule has 0 unspecified atom stereocenters. The lowest BCUT2D eigenvalue weighted by molar-refractivity contribution is -0.116. The molecule has 0 saturated heterocycles. The largest absolute Gasteiger partial charge is 0.326 e. The van der Waals surface area contributed by atoms with Crippen molar-refractivity contribution >= 4 is 45.0 Å². The average molecular weight is 449 g/mol. The number of H-pyrrole nitrogens is 1. The maximum Gasteiger partial charge on any atom is 0.273 e. The van der Waals surface area contributed by atoms with E-state index in [4.69, 9.17) is 0 Å². The van der Waals surface area contributed by atoms with Crippen molar-refractivity contribution in [1.82, 2.24) is 9.78 Å². The maximum absolute atomic E-state index is 12.4. The zero-order valence-electron chi connectivity index (χ0n) is 13.5. The van der Waals surface area contributed by atoms with Gasteiger partial charge in [-0.2, -0.15) is 0 Å². The van der Waals surface area contributed by atoms with Crippen LogP contribution in [0.3, 0.4) is 0 Å². The minimum atomic E-state index is -0.343. The first-order valence-corrected chi connectivity index (χ1v) is 8.81. The summed E-state index contributed by atoms with van der Waals surface area (Å²) in [6, 6.07) is 12.4. The molecule has 2 aromatic carbocycles. The number of nitrogens with zero attached hydrogens (tertiary/aromatic N) is 1. The number of aromatic amines is 1. The molecular weight excluding hydrogens is 433 g/mol. The maximum atomic E-state index is 12.4. The fourth-order valence-corrected chi connectivity index (χ4v) is 3.24. The second kappa shape index (κ2) is 7.22. The van der Waals surface area contributed by atoms with E-state index in [1.807, 2.05) is 25.1 Å². The van der Waals surface area contributed by atoms with Crippen LogP contribution in [0.4, 0.5) is 5.69 Å². The van der Waals surface area contributed by atoms with Gasteiger partial charge < -0.3 is 5.32 Å². The number of hydrogen-bond acceptors (Lipinski definition) is 3. The number of aryl methyl sites for hydroxylation is 2. The number of halogens is 1. The Morgan fingerprint density at radius 1 is 1.16 bits per heavy atom. The Balaban J connectivity index is 1.76. The SMILES string of the molecule is Cc1cc(I)ccc1NC(=O)CCn1[nH]c(=O)c2ccccc2c1=O. The van der Waals surface area contributed by atoms with E-state index in [1.54, 1.807) is 24.3 Å². The van der Waals surface area contributed by atoms with Crippen molar-refractivity contribution in [2.75, 3.05) is 5.32 Å². The number of carbonyl (C=O) groups is 1. The van der Waals surface area contributed by atoms with Gasteiger partial charge in [-0.15, -0.1) is 0 Å². The molecule has 0 bridgehead atoms. The minimum Gasteiger partial charge on any atom is -0.326 e. The van der Waals surface area contributed by atoms with Gasteiger partial charge in [-0.05, 0) is 65.4 Å². The number of nitrogens with one attached hydrogen (secondary N) is 2. The summed E-state index contributed by atoms with van der Waals surface area (Å²) in [5.41, 5.74) is 1.05. The Kier molecular flexibility index (Phi) is 5.03. The molecule has 128 valence electrons. The summed E-state index contributed by atoms with van der Waals surface area (Å²) >= 11 is 2.21. The van der Waals surface area contributed by atoms with Crippen molar-refractivity contribution in [3.8, 4) is 0 Å². The molecule has 0 aliphatic rings. The molecule has 6 nitrogen and oxygen atoms in total. The van der Waals surface area contributed by atoms with Crippen LogP contribution < -0.4 is 16.4 Å². The second-order valence-electron chi connectivity index (χ2n) is 5.70. The highest BCUT2D eigenvalue weighted by Crippen LogP contribution is 2.17. The summed E-state index contributed by atoms with van der Waals surface area (Å²) in [5.74, 6) is -0.217. The number of benzene rings is 2. The Morgan fingerprint density at radius 2 is 1.88 bits per heavy atom. The number of aromatic nitrogens is 2.